The summed E-state index contributed by atoms with van der Waals surface area (Å²) in [5.41, 5.74) is 1.77. The number of hydrogen-bond acceptors (Lipinski definition) is 4. The average molecular weight is 485 g/mol. The van der Waals surface area contributed by atoms with Crippen molar-refractivity contribution < 1.29 is 19.1 Å². The summed E-state index contributed by atoms with van der Waals surface area (Å²) >= 11 is 6.45. The van der Waals surface area contributed by atoms with Crippen LogP contribution in [0.25, 0.3) is 0 Å². The summed E-state index contributed by atoms with van der Waals surface area (Å²) in [6.07, 6.45) is -0.362. The highest BCUT2D eigenvalue weighted by Gasteiger charge is 2.25. The van der Waals surface area contributed by atoms with Gasteiger partial charge in [-0.15, -0.1) is 0 Å². The van der Waals surface area contributed by atoms with Crippen LogP contribution in [-0.4, -0.2) is 28.4 Å². The number of rotatable bonds is 8. The van der Waals surface area contributed by atoms with Gasteiger partial charge in [-0.05, 0) is 27.1 Å². The predicted octanol–water partition coefficient (Wildman–Crippen LogP) is 4.18. The molecule has 138 valence electrons. The summed E-state index contributed by atoms with van der Waals surface area (Å²) in [4.78, 5) is 24.5. The smallest absolute Gasteiger partial charge is 0.408 e. The molecule has 26 heavy (non-hydrogen) atoms. The van der Waals surface area contributed by atoms with Gasteiger partial charge in [0.2, 0.25) is 0 Å². The average Bonchev–Trinajstić information content (AvgIpc) is 2.67. The lowest BCUT2D eigenvalue weighted by molar-refractivity contribution is -0.146. The Morgan fingerprint density at radius 3 is 2.12 bits per heavy atom. The minimum absolute atomic E-state index is 0.127. The Kier molecular flexibility index (Phi) is 8.64. The minimum Gasteiger partial charge on any atom is -0.448 e. The van der Waals surface area contributed by atoms with E-state index in [0.29, 0.717) is 11.8 Å². The molecule has 0 aliphatic heterocycles. The van der Waals surface area contributed by atoms with Crippen LogP contribution in [0.4, 0.5) is 4.79 Å². The molecule has 5 nitrogen and oxygen atoms in total. The van der Waals surface area contributed by atoms with E-state index in [1.807, 2.05) is 60.7 Å². The molecule has 2 rings (SSSR count). The molecule has 1 amide bonds. The number of carbonyl (C=O) groups excluding carboxylic acids is 2. The number of ether oxygens (including phenoxy) is 2. The van der Waals surface area contributed by atoms with Gasteiger partial charge in [-0.3, -0.25) is 0 Å². The van der Waals surface area contributed by atoms with Crippen molar-refractivity contribution >= 4 is 43.9 Å². The number of hydrogen-bond donors (Lipinski definition) is 1. The van der Waals surface area contributed by atoms with Crippen molar-refractivity contribution in [2.24, 2.45) is 0 Å². The Bertz CT molecular complexity index is 697. The number of nitrogens with one attached hydrogen (secondary N) is 1. The van der Waals surface area contributed by atoms with Gasteiger partial charge >= 0.3 is 12.1 Å². The molecule has 1 unspecified atom stereocenters. The van der Waals surface area contributed by atoms with Crippen LogP contribution >= 0.6 is 31.9 Å². The first-order valence-corrected chi connectivity index (χ1v) is 10.0. The predicted molar refractivity (Wildman–Crippen MR) is 106 cm³/mol. The van der Waals surface area contributed by atoms with Crippen LogP contribution in [0.5, 0.6) is 0 Å². The van der Waals surface area contributed by atoms with Gasteiger partial charge in [-0.2, -0.15) is 0 Å². The largest absolute Gasteiger partial charge is 0.448 e. The van der Waals surface area contributed by atoms with Crippen LogP contribution in [0.2, 0.25) is 0 Å². The molecule has 2 atom stereocenters. The molecule has 2 aromatic carbocycles. The molecule has 0 radical (unpaired) electrons. The van der Waals surface area contributed by atoms with Crippen LogP contribution in [0.3, 0.4) is 0 Å². The maximum absolute atomic E-state index is 12.4. The SMILES string of the molecule is O=C(N[C@H](Cc1ccccc1)C(=O)OC(Br)CBr)OCc1ccccc1. The standard InChI is InChI=1S/C19H19Br2NO4/c20-12-17(21)26-18(23)16(11-14-7-3-1-4-8-14)22-19(24)25-13-15-9-5-2-6-10-15/h1-10,16-17H,11-13H2,(H,22,24)/t16-,17?/m1/s1. The zero-order valence-corrected chi connectivity index (χ0v) is 17.1. The van der Waals surface area contributed by atoms with Crippen molar-refractivity contribution in [3.63, 3.8) is 0 Å². The van der Waals surface area contributed by atoms with Crippen LogP contribution in [0.1, 0.15) is 11.1 Å². The molecular weight excluding hydrogens is 466 g/mol. The molecule has 0 spiro atoms. The Labute approximate surface area is 169 Å². The van der Waals surface area contributed by atoms with Gasteiger partial charge < -0.3 is 14.8 Å². The summed E-state index contributed by atoms with van der Waals surface area (Å²) in [7, 11) is 0. The van der Waals surface area contributed by atoms with Gasteiger partial charge in [0.05, 0.1) is 5.33 Å². The summed E-state index contributed by atoms with van der Waals surface area (Å²) in [5.74, 6) is -0.535. The summed E-state index contributed by atoms with van der Waals surface area (Å²) in [5, 5.41) is 2.56. The minimum atomic E-state index is -0.847. The van der Waals surface area contributed by atoms with Gasteiger partial charge in [-0.1, -0.05) is 76.6 Å². The van der Waals surface area contributed by atoms with Crippen LogP contribution in [0.15, 0.2) is 60.7 Å². The van der Waals surface area contributed by atoms with E-state index in [4.69, 9.17) is 9.47 Å². The van der Waals surface area contributed by atoms with Crippen molar-refractivity contribution in [2.75, 3.05) is 5.33 Å². The number of esters is 1. The highest BCUT2D eigenvalue weighted by Crippen LogP contribution is 2.11. The van der Waals surface area contributed by atoms with Gasteiger partial charge in [-0.25, -0.2) is 9.59 Å². The molecular formula is C19H19Br2NO4. The quantitative estimate of drug-likeness (QED) is 0.450. The van der Waals surface area contributed by atoms with Gasteiger partial charge in [0.1, 0.15) is 12.6 Å². The van der Waals surface area contributed by atoms with Gasteiger partial charge in [0.15, 0.2) is 5.01 Å². The lowest BCUT2D eigenvalue weighted by atomic mass is 10.1. The normalized spacial score (nSPS) is 12.7. The molecule has 0 fully saturated rings. The number of alkyl carbamates (subject to hydrolysis) is 1. The Balaban J connectivity index is 1.97. The second kappa shape index (κ2) is 11.0. The highest BCUT2D eigenvalue weighted by atomic mass is 79.9. The summed E-state index contributed by atoms with van der Waals surface area (Å²) in [6.45, 7) is 0.127. The lowest BCUT2D eigenvalue weighted by Crippen LogP contribution is -2.44. The molecule has 0 aliphatic carbocycles. The van der Waals surface area contributed by atoms with Crippen LogP contribution in [0, 0.1) is 0 Å². The third-order valence-corrected chi connectivity index (χ3v) is 5.40. The molecule has 7 heteroatoms. The Hall–Kier alpha value is -1.86. The first-order chi connectivity index (χ1) is 12.6. The number of alkyl halides is 2. The Morgan fingerprint density at radius 1 is 0.962 bits per heavy atom. The summed E-state index contributed by atoms with van der Waals surface area (Å²) in [6, 6.07) is 17.9. The molecule has 0 saturated carbocycles. The van der Waals surface area contributed by atoms with Crippen LogP contribution in [-0.2, 0) is 27.3 Å². The molecule has 0 aromatic heterocycles. The first-order valence-electron chi connectivity index (χ1n) is 8.00. The summed E-state index contributed by atoms with van der Waals surface area (Å²) < 4.78 is 10.5. The monoisotopic (exact) mass is 483 g/mol. The number of halogens is 2. The maximum Gasteiger partial charge on any atom is 0.408 e. The second-order valence-electron chi connectivity index (χ2n) is 5.45. The molecule has 2 aromatic rings. The highest BCUT2D eigenvalue weighted by molar-refractivity contribution is 9.12. The van der Waals surface area contributed by atoms with E-state index in [-0.39, 0.29) is 6.61 Å². The third kappa shape index (κ3) is 7.17. The van der Waals surface area contributed by atoms with Gasteiger partial charge in [0.25, 0.3) is 0 Å². The van der Waals surface area contributed by atoms with Crippen molar-refractivity contribution in [1.29, 1.82) is 0 Å². The van der Waals surface area contributed by atoms with E-state index in [9.17, 15) is 9.59 Å². The fourth-order valence-corrected chi connectivity index (χ4v) is 2.51. The zero-order chi connectivity index (χ0) is 18.8. The van der Waals surface area contributed by atoms with Crippen LogP contribution < -0.4 is 5.32 Å². The van der Waals surface area contributed by atoms with Crippen molar-refractivity contribution in [3.05, 3.63) is 71.8 Å². The molecule has 0 aliphatic rings. The molecule has 0 bridgehead atoms. The zero-order valence-electron chi connectivity index (χ0n) is 13.9. The number of amides is 1. The van der Waals surface area contributed by atoms with E-state index in [1.165, 1.54) is 0 Å². The van der Waals surface area contributed by atoms with E-state index in [2.05, 4.69) is 37.2 Å². The van der Waals surface area contributed by atoms with Crippen molar-refractivity contribution in [3.8, 4) is 0 Å². The molecule has 1 N–H and O–H groups in total. The molecule has 0 saturated heterocycles. The fraction of sp³-hybridized carbons (Fsp3) is 0.263. The Morgan fingerprint density at radius 2 is 1.54 bits per heavy atom. The lowest BCUT2D eigenvalue weighted by Gasteiger charge is -2.19. The number of benzene rings is 2. The van der Waals surface area contributed by atoms with E-state index in [0.717, 1.165) is 11.1 Å². The third-order valence-electron chi connectivity index (χ3n) is 3.44. The second-order valence-corrected chi connectivity index (χ2v) is 7.12. The van der Waals surface area contributed by atoms with Gasteiger partial charge in [0, 0.05) is 6.42 Å². The molecule has 0 heterocycles. The van der Waals surface area contributed by atoms with Crippen molar-refractivity contribution in [1.82, 2.24) is 5.32 Å². The number of carbonyl (C=O) groups is 2. The van der Waals surface area contributed by atoms with E-state index < -0.39 is 23.1 Å². The maximum atomic E-state index is 12.4. The fourth-order valence-electron chi connectivity index (χ4n) is 2.19. The van der Waals surface area contributed by atoms with E-state index in [1.54, 1.807) is 0 Å². The van der Waals surface area contributed by atoms with Crippen molar-refractivity contribution in [2.45, 2.75) is 24.1 Å². The first kappa shape index (κ1) is 20.5. The topological polar surface area (TPSA) is 64.6 Å². The van der Waals surface area contributed by atoms with E-state index >= 15 is 0 Å².